The minimum atomic E-state index is -0.719. The number of anilines is 3. The molecule has 0 aliphatic carbocycles. The molecule has 28 heavy (non-hydrogen) atoms. The van der Waals surface area contributed by atoms with E-state index in [-0.39, 0.29) is 23.2 Å². The minimum absolute atomic E-state index is 0.0612. The van der Waals surface area contributed by atoms with Crippen LogP contribution in [0.2, 0.25) is 0 Å². The third-order valence-electron chi connectivity index (χ3n) is 4.03. The van der Waals surface area contributed by atoms with Gasteiger partial charge in [-0.2, -0.15) is 4.98 Å². The topological polar surface area (TPSA) is 146 Å². The molecule has 0 saturated carbocycles. The van der Waals surface area contributed by atoms with Crippen molar-refractivity contribution in [2.45, 2.75) is 19.9 Å². The highest BCUT2D eigenvalue weighted by Gasteiger charge is 2.23. The van der Waals surface area contributed by atoms with E-state index in [1.807, 2.05) is 13.8 Å². The predicted octanol–water partition coefficient (Wildman–Crippen LogP) is 1.24. The van der Waals surface area contributed by atoms with Crippen LogP contribution in [0.25, 0.3) is 0 Å². The molecule has 0 aliphatic rings. The van der Waals surface area contributed by atoms with E-state index in [1.54, 1.807) is 18.2 Å². The van der Waals surface area contributed by atoms with Gasteiger partial charge in [-0.1, -0.05) is 13.8 Å². The fourth-order valence-corrected chi connectivity index (χ4v) is 2.47. The second kappa shape index (κ2) is 9.00. The van der Waals surface area contributed by atoms with Crippen LogP contribution in [0.3, 0.4) is 0 Å². The van der Waals surface area contributed by atoms with Gasteiger partial charge >= 0.3 is 0 Å². The van der Waals surface area contributed by atoms with Crippen molar-refractivity contribution in [3.63, 3.8) is 0 Å². The summed E-state index contributed by atoms with van der Waals surface area (Å²) in [5.41, 5.74) is 6.04. The average molecular weight is 388 g/mol. The molecule has 0 bridgehead atoms. The van der Waals surface area contributed by atoms with Gasteiger partial charge in [0.2, 0.25) is 5.95 Å². The number of hydrogen-bond acceptors (Lipinski definition) is 9. The molecular formula is C18H24N6O4. The maximum atomic E-state index is 11.8. The zero-order valence-electron chi connectivity index (χ0n) is 16.2. The first-order valence-electron chi connectivity index (χ1n) is 8.46. The predicted molar refractivity (Wildman–Crippen MR) is 105 cm³/mol. The van der Waals surface area contributed by atoms with Gasteiger partial charge in [-0.3, -0.25) is 9.80 Å². The Bertz CT molecular complexity index is 836. The maximum absolute atomic E-state index is 11.8. The summed E-state index contributed by atoms with van der Waals surface area (Å²) in [4.78, 5) is 31.5. The number of benzene rings is 1. The van der Waals surface area contributed by atoms with Gasteiger partial charge in [0, 0.05) is 30.1 Å². The monoisotopic (exact) mass is 388 g/mol. The Morgan fingerprint density at radius 2 is 1.82 bits per heavy atom. The van der Waals surface area contributed by atoms with Gasteiger partial charge in [0.1, 0.15) is 35.2 Å². The van der Waals surface area contributed by atoms with Crippen LogP contribution in [-0.2, 0) is 4.79 Å². The summed E-state index contributed by atoms with van der Waals surface area (Å²) < 4.78 is 10.5. The van der Waals surface area contributed by atoms with Gasteiger partial charge in [-0.05, 0) is 5.92 Å². The Morgan fingerprint density at radius 1 is 1.21 bits per heavy atom. The lowest BCUT2D eigenvalue weighted by atomic mass is 10.1. The highest BCUT2D eigenvalue weighted by Crippen LogP contribution is 2.29. The fourth-order valence-electron chi connectivity index (χ4n) is 2.47. The van der Waals surface area contributed by atoms with Gasteiger partial charge < -0.3 is 25.3 Å². The Kier molecular flexibility index (Phi) is 6.72. The molecule has 0 unspecified atom stereocenters. The molecule has 0 spiro atoms. The number of nitrogens with zero attached hydrogens (tertiary/aromatic N) is 3. The molecule has 1 heterocycles. The summed E-state index contributed by atoms with van der Waals surface area (Å²) in [6.45, 7) is 3.69. The van der Waals surface area contributed by atoms with E-state index in [0.29, 0.717) is 17.2 Å². The number of primary amides is 1. The minimum Gasteiger partial charge on any atom is -0.497 e. The molecule has 0 fully saturated rings. The molecule has 2 aromatic rings. The van der Waals surface area contributed by atoms with E-state index in [4.69, 9.17) is 21.1 Å². The standard InChI is InChI=1S/C18H24N6O4/c1-10(2)15(9-25)24(20)18-21-8-14(16(19)26)17(23-18)22-11-5-12(27-3)7-13(6-11)28-4/h5-10,15H,20H2,1-4H3,(H2,19,26)(H,21,22,23)/t15-/m0/s1. The number of nitrogens with one attached hydrogen (secondary N) is 1. The molecule has 0 saturated heterocycles. The van der Waals surface area contributed by atoms with Crippen LogP contribution in [0.1, 0.15) is 24.2 Å². The molecule has 0 aliphatic heterocycles. The van der Waals surface area contributed by atoms with Gasteiger partial charge in [0.05, 0.1) is 14.2 Å². The van der Waals surface area contributed by atoms with E-state index < -0.39 is 11.9 Å². The third kappa shape index (κ3) is 4.65. The molecule has 1 atom stereocenters. The third-order valence-corrected chi connectivity index (χ3v) is 4.03. The molecule has 1 aromatic carbocycles. The smallest absolute Gasteiger partial charge is 0.254 e. The van der Waals surface area contributed by atoms with E-state index in [2.05, 4.69) is 15.3 Å². The summed E-state index contributed by atoms with van der Waals surface area (Å²) in [5.74, 6) is 6.51. The lowest BCUT2D eigenvalue weighted by molar-refractivity contribution is -0.109. The van der Waals surface area contributed by atoms with Crippen molar-refractivity contribution in [2.75, 3.05) is 24.5 Å². The van der Waals surface area contributed by atoms with Crippen LogP contribution in [0.4, 0.5) is 17.5 Å². The van der Waals surface area contributed by atoms with Crippen molar-refractivity contribution in [3.8, 4) is 11.5 Å². The molecule has 1 aromatic heterocycles. The number of amides is 1. The van der Waals surface area contributed by atoms with E-state index in [0.717, 1.165) is 11.3 Å². The lowest BCUT2D eigenvalue weighted by Gasteiger charge is -2.26. The number of aldehydes is 1. The first-order valence-corrected chi connectivity index (χ1v) is 8.46. The van der Waals surface area contributed by atoms with Gasteiger partial charge in [-0.25, -0.2) is 10.8 Å². The second-order valence-electron chi connectivity index (χ2n) is 6.30. The SMILES string of the molecule is COc1cc(Nc2nc(N(N)[C@@H](C=O)C(C)C)ncc2C(N)=O)cc(OC)c1. The molecule has 150 valence electrons. The van der Waals surface area contributed by atoms with E-state index >= 15 is 0 Å². The van der Waals surface area contributed by atoms with Crippen LogP contribution in [0.15, 0.2) is 24.4 Å². The van der Waals surface area contributed by atoms with Crippen LogP contribution in [0.5, 0.6) is 11.5 Å². The maximum Gasteiger partial charge on any atom is 0.254 e. The van der Waals surface area contributed by atoms with Gasteiger partial charge in [-0.15, -0.1) is 0 Å². The number of hydrazine groups is 1. The zero-order valence-corrected chi connectivity index (χ0v) is 16.2. The number of aromatic nitrogens is 2. The summed E-state index contributed by atoms with van der Waals surface area (Å²) in [6.07, 6.45) is 1.97. The van der Waals surface area contributed by atoms with Crippen molar-refractivity contribution in [2.24, 2.45) is 17.5 Å². The summed E-state index contributed by atoms with van der Waals surface area (Å²) in [5, 5.41) is 4.15. The Balaban J connectivity index is 2.47. The summed E-state index contributed by atoms with van der Waals surface area (Å²) in [6, 6.07) is 4.45. The average Bonchev–Trinajstić information content (AvgIpc) is 2.67. The van der Waals surface area contributed by atoms with Crippen molar-refractivity contribution in [3.05, 3.63) is 30.0 Å². The van der Waals surface area contributed by atoms with Crippen LogP contribution < -0.4 is 31.4 Å². The number of carbonyl (C=O) groups excluding carboxylic acids is 2. The first kappa shape index (κ1) is 20.9. The highest BCUT2D eigenvalue weighted by atomic mass is 16.5. The van der Waals surface area contributed by atoms with E-state index in [1.165, 1.54) is 20.4 Å². The molecule has 0 radical (unpaired) electrons. The number of nitrogens with two attached hydrogens (primary N) is 2. The van der Waals surface area contributed by atoms with E-state index in [9.17, 15) is 9.59 Å². The van der Waals surface area contributed by atoms with Crippen molar-refractivity contribution in [1.82, 2.24) is 9.97 Å². The largest absolute Gasteiger partial charge is 0.497 e. The number of carbonyl (C=O) groups is 2. The molecular weight excluding hydrogens is 364 g/mol. The molecule has 1 amide bonds. The van der Waals surface area contributed by atoms with Crippen molar-refractivity contribution in [1.29, 1.82) is 0 Å². The normalized spacial score (nSPS) is 11.6. The van der Waals surface area contributed by atoms with Crippen LogP contribution in [-0.4, -0.2) is 42.4 Å². The molecule has 10 heteroatoms. The Labute approximate surface area is 162 Å². The zero-order chi connectivity index (χ0) is 20.8. The fraction of sp³-hybridized carbons (Fsp3) is 0.333. The molecule has 10 nitrogen and oxygen atoms in total. The lowest BCUT2D eigenvalue weighted by Crippen LogP contribution is -2.46. The number of rotatable bonds is 9. The van der Waals surface area contributed by atoms with Crippen molar-refractivity contribution >= 4 is 29.6 Å². The number of ether oxygens (including phenoxy) is 2. The van der Waals surface area contributed by atoms with Crippen molar-refractivity contribution < 1.29 is 19.1 Å². The second-order valence-corrected chi connectivity index (χ2v) is 6.30. The molecule has 2 rings (SSSR count). The van der Waals surface area contributed by atoms with Crippen LogP contribution in [0, 0.1) is 5.92 Å². The summed E-state index contributed by atoms with van der Waals surface area (Å²) in [7, 11) is 3.04. The highest BCUT2D eigenvalue weighted by molar-refractivity contribution is 5.98. The van der Waals surface area contributed by atoms with Gasteiger partial charge in [0.15, 0.2) is 0 Å². The van der Waals surface area contributed by atoms with Crippen LogP contribution >= 0.6 is 0 Å². The number of methoxy groups -OCH3 is 2. The quantitative estimate of drug-likeness (QED) is 0.328. The Hall–Kier alpha value is -3.40. The molecule has 5 N–H and O–H groups in total. The summed E-state index contributed by atoms with van der Waals surface area (Å²) >= 11 is 0. The first-order chi connectivity index (χ1) is 13.3. The Morgan fingerprint density at radius 3 is 2.29 bits per heavy atom. The van der Waals surface area contributed by atoms with Gasteiger partial charge in [0.25, 0.3) is 5.91 Å². The number of hydrogen-bond donors (Lipinski definition) is 3.